The van der Waals surface area contributed by atoms with Crippen molar-refractivity contribution in [3.8, 4) is 5.75 Å². The SMILES string of the molecule is CC(=O)Oc1ccc(C(=O)[C@@H]2[C@@H]3C(=O)N(c4ccccc4C(F)(F)F)C(=O)[C@H]3[C@@H]3C=CC=NN23)cc1. The van der Waals surface area contributed by atoms with Crippen LogP contribution in [0.4, 0.5) is 18.9 Å². The second-order valence-electron chi connectivity index (χ2n) is 8.53. The number of allylic oxidation sites excluding steroid dienone is 1. The molecule has 0 spiro atoms. The Morgan fingerprint density at radius 1 is 0.972 bits per heavy atom. The monoisotopic (exact) mass is 497 g/mol. The number of hydrogen-bond acceptors (Lipinski definition) is 7. The zero-order valence-electron chi connectivity index (χ0n) is 18.7. The minimum absolute atomic E-state index is 0.162. The molecule has 0 aliphatic carbocycles. The van der Waals surface area contributed by atoms with Crippen LogP contribution in [0.1, 0.15) is 22.8 Å². The number of ketones is 1. The van der Waals surface area contributed by atoms with Gasteiger partial charge in [-0.2, -0.15) is 18.3 Å². The number of benzene rings is 2. The van der Waals surface area contributed by atoms with Gasteiger partial charge in [-0.05, 0) is 42.5 Å². The van der Waals surface area contributed by atoms with Crippen LogP contribution in [-0.2, 0) is 20.6 Å². The zero-order chi connectivity index (χ0) is 25.8. The molecule has 0 saturated carbocycles. The Morgan fingerprint density at radius 3 is 2.31 bits per heavy atom. The number of carbonyl (C=O) groups is 4. The summed E-state index contributed by atoms with van der Waals surface area (Å²) in [5.41, 5.74) is -1.53. The number of hydrazone groups is 1. The first kappa shape index (κ1) is 23.5. The molecule has 3 heterocycles. The fraction of sp³-hybridized carbons (Fsp3) is 0.240. The molecule has 3 aliphatic rings. The fourth-order valence-electron chi connectivity index (χ4n) is 5.01. The van der Waals surface area contributed by atoms with E-state index in [1.54, 1.807) is 12.2 Å². The molecule has 0 N–H and O–H groups in total. The van der Waals surface area contributed by atoms with Crippen LogP contribution in [0.3, 0.4) is 0 Å². The highest BCUT2D eigenvalue weighted by Crippen LogP contribution is 2.48. The molecule has 4 atom stereocenters. The van der Waals surface area contributed by atoms with Crippen LogP contribution in [0.2, 0.25) is 0 Å². The Morgan fingerprint density at radius 2 is 1.64 bits per heavy atom. The number of imide groups is 1. The van der Waals surface area contributed by atoms with Crippen LogP contribution in [-0.4, -0.2) is 46.9 Å². The largest absolute Gasteiger partial charge is 0.427 e. The normalized spacial score (nSPS) is 24.7. The van der Waals surface area contributed by atoms with Crippen molar-refractivity contribution in [3.63, 3.8) is 0 Å². The lowest BCUT2D eigenvalue weighted by Crippen LogP contribution is -2.46. The van der Waals surface area contributed by atoms with Crippen molar-refractivity contribution in [1.29, 1.82) is 0 Å². The number of alkyl halides is 3. The van der Waals surface area contributed by atoms with E-state index in [-0.39, 0.29) is 11.3 Å². The van der Waals surface area contributed by atoms with Crippen molar-refractivity contribution in [2.45, 2.75) is 25.2 Å². The Bertz CT molecular complexity index is 1340. The van der Waals surface area contributed by atoms with Crippen molar-refractivity contribution in [1.82, 2.24) is 5.01 Å². The summed E-state index contributed by atoms with van der Waals surface area (Å²) in [6.07, 6.45) is -0.225. The zero-order valence-corrected chi connectivity index (χ0v) is 18.7. The average Bonchev–Trinajstić information content (AvgIpc) is 3.31. The minimum atomic E-state index is -4.80. The Balaban J connectivity index is 1.55. The number of Topliss-reactive ketones (excluding diaryl/α,β-unsaturated/α-hetero) is 1. The number of nitrogens with zero attached hydrogens (tertiary/aromatic N) is 3. The quantitative estimate of drug-likeness (QED) is 0.279. The lowest BCUT2D eigenvalue weighted by Gasteiger charge is -2.30. The number of hydrogen-bond donors (Lipinski definition) is 0. The topological polar surface area (TPSA) is 96.3 Å². The van der Waals surface area contributed by atoms with E-state index in [9.17, 15) is 32.3 Å². The molecule has 3 aliphatic heterocycles. The summed E-state index contributed by atoms with van der Waals surface area (Å²) in [6, 6.07) is 7.97. The van der Waals surface area contributed by atoms with Gasteiger partial charge in [-0.25, -0.2) is 4.90 Å². The lowest BCUT2D eigenvalue weighted by atomic mass is 9.86. The highest BCUT2D eigenvalue weighted by atomic mass is 19.4. The van der Waals surface area contributed by atoms with Gasteiger partial charge in [0.2, 0.25) is 11.8 Å². The molecule has 0 radical (unpaired) electrons. The first-order valence-electron chi connectivity index (χ1n) is 11.0. The maximum absolute atomic E-state index is 13.7. The standard InChI is InChI=1S/C25H18F3N3O5/c1-13(32)36-15-10-8-14(9-11-15)22(33)21-20-19(18-7-4-12-29-31(18)21)23(34)30(24(20)35)17-6-3-2-5-16(17)25(26,27)28/h2-12,18-21H,1H3/t18-,19-,20+,21-/m0/s1. The Hall–Kier alpha value is -4.28. The molecular weight excluding hydrogens is 479 g/mol. The summed E-state index contributed by atoms with van der Waals surface area (Å²) in [4.78, 5) is 52.3. The van der Waals surface area contributed by atoms with Crippen LogP contribution >= 0.6 is 0 Å². The summed E-state index contributed by atoms with van der Waals surface area (Å²) in [5, 5.41) is 5.57. The van der Waals surface area contributed by atoms with Crippen molar-refractivity contribution < 1.29 is 37.1 Å². The van der Waals surface area contributed by atoms with Gasteiger partial charge < -0.3 is 4.74 Å². The number of halogens is 3. The van der Waals surface area contributed by atoms with Gasteiger partial charge in [0, 0.05) is 18.7 Å². The molecule has 8 nitrogen and oxygen atoms in total. The van der Waals surface area contributed by atoms with Crippen molar-refractivity contribution in [3.05, 3.63) is 71.8 Å². The van der Waals surface area contributed by atoms with Crippen molar-refractivity contribution in [2.75, 3.05) is 4.90 Å². The smallest absolute Gasteiger partial charge is 0.418 e. The molecule has 0 unspecified atom stereocenters. The Kier molecular flexibility index (Phi) is 5.50. The molecule has 36 heavy (non-hydrogen) atoms. The van der Waals surface area contributed by atoms with Gasteiger partial charge in [-0.1, -0.05) is 18.2 Å². The maximum Gasteiger partial charge on any atom is 0.418 e. The molecule has 5 rings (SSSR count). The molecule has 2 saturated heterocycles. The summed E-state index contributed by atoms with van der Waals surface area (Å²) < 4.78 is 46.0. The highest BCUT2D eigenvalue weighted by Gasteiger charge is 2.64. The molecule has 0 bridgehead atoms. The first-order chi connectivity index (χ1) is 17.1. The number of para-hydroxylation sites is 1. The summed E-state index contributed by atoms with van der Waals surface area (Å²) in [7, 11) is 0. The molecule has 0 aromatic heterocycles. The summed E-state index contributed by atoms with van der Waals surface area (Å²) in [6.45, 7) is 1.23. The van der Waals surface area contributed by atoms with Crippen LogP contribution < -0.4 is 9.64 Å². The third-order valence-electron chi connectivity index (χ3n) is 6.41. The number of carbonyl (C=O) groups excluding carboxylic acids is 4. The van der Waals surface area contributed by atoms with E-state index in [2.05, 4.69) is 5.10 Å². The van der Waals surface area contributed by atoms with Gasteiger partial charge in [-0.3, -0.25) is 24.2 Å². The van der Waals surface area contributed by atoms with Gasteiger partial charge >= 0.3 is 12.1 Å². The van der Waals surface area contributed by atoms with Crippen LogP contribution in [0, 0.1) is 11.8 Å². The second kappa shape index (κ2) is 8.43. The van der Waals surface area contributed by atoms with Gasteiger partial charge in [0.1, 0.15) is 11.8 Å². The molecular formula is C25H18F3N3O5. The van der Waals surface area contributed by atoms with Gasteiger partial charge in [0.25, 0.3) is 0 Å². The molecule has 11 heteroatoms. The van der Waals surface area contributed by atoms with E-state index < -0.39 is 64.9 Å². The van der Waals surface area contributed by atoms with Crippen LogP contribution in [0.15, 0.2) is 65.8 Å². The summed E-state index contributed by atoms with van der Waals surface area (Å²) in [5.74, 6) is -4.93. The third-order valence-corrected chi connectivity index (χ3v) is 6.41. The third kappa shape index (κ3) is 3.67. The summed E-state index contributed by atoms with van der Waals surface area (Å²) >= 11 is 0. The molecule has 2 aromatic carbocycles. The second-order valence-corrected chi connectivity index (χ2v) is 8.53. The van der Waals surface area contributed by atoms with E-state index in [0.717, 1.165) is 12.1 Å². The predicted molar refractivity (Wildman–Crippen MR) is 120 cm³/mol. The molecule has 2 fully saturated rings. The maximum atomic E-state index is 13.7. The number of esters is 1. The van der Waals surface area contributed by atoms with E-state index in [4.69, 9.17) is 4.74 Å². The highest BCUT2D eigenvalue weighted by molar-refractivity contribution is 6.25. The molecule has 184 valence electrons. The Labute approximate surface area is 202 Å². The number of ether oxygens (including phenoxy) is 1. The minimum Gasteiger partial charge on any atom is -0.427 e. The van der Waals surface area contributed by atoms with Crippen molar-refractivity contribution in [2.24, 2.45) is 16.9 Å². The average molecular weight is 497 g/mol. The van der Waals surface area contributed by atoms with E-state index in [1.165, 1.54) is 54.5 Å². The first-order valence-corrected chi connectivity index (χ1v) is 11.0. The van der Waals surface area contributed by atoms with E-state index in [1.807, 2.05) is 0 Å². The number of fused-ring (bicyclic) bond motifs is 3. The molecule has 2 amide bonds. The predicted octanol–water partition coefficient (Wildman–Crippen LogP) is 3.23. The van der Waals surface area contributed by atoms with Gasteiger partial charge in [0.15, 0.2) is 5.78 Å². The fourth-order valence-corrected chi connectivity index (χ4v) is 5.01. The lowest BCUT2D eigenvalue weighted by molar-refractivity contribution is -0.137. The van der Waals surface area contributed by atoms with Crippen LogP contribution in [0.25, 0.3) is 0 Å². The van der Waals surface area contributed by atoms with Crippen molar-refractivity contribution >= 4 is 35.5 Å². The molecule has 2 aromatic rings. The van der Waals surface area contributed by atoms with Gasteiger partial charge in [0.05, 0.1) is 29.1 Å². The number of amides is 2. The van der Waals surface area contributed by atoms with Gasteiger partial charge in [-0.15, -0.1) is 0 Å². The number of anilines is 1. The van der Waals surface area contributed by atoms with E-state index >= 15 is 0 Å². The number of rotatable bonds is 4. The van der Waals surface area contributed by atoms with E-state index in [0.29, 0.717) is 4.90 Å². The van der Waals surface area contributed by atoms with Crippen LogP contribution in [0.5, 0.6) is 5.75 Å².